The Balaban J connectivity index is 2.74. The predicted molar refractivity (Wildman–Crippen MR) is 78.8 cm³/mol. The van der Waals surface area contributed by atoms with Gasteiger partial charge in [0.05, 0.1) is 0 Å². The number of amides is 1. The van der Waals surface area contributed by atoms with Crippen LogP contribution in [-0.2, 0) is 10.0 Å². The highest BCUT2D eigenvalue weighted by Gasteiger charge is 2.22. The Hall–Kier alpha value is -0.860. The van der Waals surface area contributed by atoms with E-state index in [9.17, 15) is 13.2 Å². The van der Waals surface area contributed by atoms with Crippen molar-refractivity contribution < 1.29 is 17.6 Å². The van der Waals surface area contributed by atoms with E-state index >= 15 is 0 Å². The zero-order chi connectivity index (χ0) is 15.5. The van der Waals surface area contributed by atoms with Crippen molar-refractivity contribution in [1.29, 1.82) is 0 Å². The molecule has 1 atom stereocenters. The Labute approximate surface area is 127 Å². The molecule has 6 nitrogen and oxygen atoms in total. The lowest BCUT2D eigenvalue weighted by molar-refractivity contribution is 0.0908. The van der Waals surface area contributed by atoms with Crippen LogP contribution in [0.1, 0.15) is 44.2 Å². The normalized spacial score (nSPS) is 13.5. The van der Waals surface area contributed by atoms with Crippen LogP contribution in [0.2, 0.25) is 0 Å². The second-order valence-corrected chi connectivity index (χ2v) is 7.39. The van der Waals surface area contributed by atoms with E-state index in [-0.39, 0.29) is 21.4 Å². The molecule has 0 spiro atoms. The van der Waals surface area contributed by atoms with Crippen LogP contribution in [0, 0.1) is 5.92 Å². The van der Waals surface area contributed by atoms with Crippen LogP contribution in [0.15, 0.2) is 20.0 Å². The van der Waals surface area contributed by atoms with Crippen molar-refractivity contribution in [2.24, 2.45) is 11.1 Å². The van der Waals surface area contributed by atoms with Gasteiger partial charge in [-0.15, -0.1) is 0 Å². The molecule has 1 rings (SSSR count). The SMILES string of the molecule is CC(C)CCC(C)NC(=O)c1cc(S(N)(=O)=O)c(Br)o1. The van der Waals surface area contributed by atoms with E-state index < -0.39 is 15.9 Å². The molecule has 1 unspecified atom stereocenters. The lowest BCUT2D eigenvalue weighted by Crippen LogP contribution is -2.32. The van der Waals surface area contributed by atoms with Crippen LogP contribution in [0.3, 0.4) is 0 Å². The molecule has 8 heteroatoms. The minimum atomic E-state index is -3.92. The number of nitrogens with two attached hydrogens (primary N) is 1. The lowest BCUT2D eigenvalue weighted by Gasteiger charge is -2.13. The van der Waals surface area contributed by atoms with Gasteiger partial charge in [0, 0.05) is 12.1 Å². The maximum absolute atomic E-state index is 11.9. The third kappa shape index (κ3) is 4.92. The molecular weight excluding hydrogens is 348 g/mol. The fourth-order valence-electron chi connectivity index (χ4n) is 1.61. The molecule has 0 aliphatic carbocycles. The number of hydrogen-bond donors (Lipinski definition) is 2. The predicted octanol–water partition coefficient (Wildman–Crippen LogP) is 2.24. The topological polar surface area (TPSA) is 102 Å². The number of primary sulfonamides is 1. The first-order valence-corrected chi connectivity index (χ1v) is 8.58. The highest BCUT2D eigenvalue weighted by molar-refractivity contribution is 9.10. The first-order chi connectivity index (χ1) is 9.11. The summed E-state index contributed by atoms with van der Waals surface area (Å²) in [7, 11) is -3.92. The number of furan rings is 1. The summed E-state index contributed by atoms with van der Waals surface area (Å²) in [5.74, 6) is 0.00949. The standard InChI is InChI=1S/C12H19BrN2O4S/c1-7(2)4-5-8(3)15-12(16)9-6-10(11(13)19-9)20(14,17)18/h6-8H,4-5H2,1-3H3,(H,15,16)(H2,14,17,18). The zero-order valence-electron chi connectivity index (χ0n) is 11.6. The molecule has 0 radical (unpaired) electrons. The zero-order valence-corrected chi connectivity index (χ0v) is 14.0. The Kier molecular flexibility index (Phi) is 5.79. The van der Waals surface area contributed by atoms with Crippen molar-refractivity contribution in [2.45, 2.75) is 44.6 Å². The van der Waals surface area contributed by atoms with Crippen LogP contribution >= 0.6 is 15.9 Å². The smallest absolute Gasteiger partial charge is 0.287 e. The van der Waals surface area contributed by atoms with Crippen molar-refractivity contribution >= 4 is 31.9 Å². The highest BCUT2D eigenvalue weighted by Crippen LogP contribution is 2.25. The Bertz CT molecular complexity index is 580. The molecule has 1 aromatic heterocycles. The van der Waals surface area contributed by atoms with Gasteiger partial charge in [-0.25, -0.2) is 13.6 Å². The number of hydrogen-bond acceptors (Lipinski definition) is 4. The van der Waals surface area contributed by atoms with Crippen molar-refractivity contribution in [3.05, 3.63) is 16.5 Å². The van der Waals surface area contributed by atoms with Crippen molar-refractivity contribution in [3.63, 3.8) is 0 Å². The number of rotatable bonds is 6. The van der Waals surface area contributed by atoms with Crippen molar-refractivity contribution in [3.8, 4) is 0 Å². The largest absolute Gasteiger partial charge is 0.443 e. The summed E-state index contributed by atoms with van der Waals surface area (Å²) >= 11 is 2.93. The van der Waals surface area contributed by atoms with Gasteiger partial charge in [-0.3, -0.25) is 4.79 Å². The van der Waals surface area contributed by atoms with Gasteiger partial charge in [0.25, 0.3) is 5.91 Å². The lowest BCUT2D eigenvalue weighted by atomic mass is 10.0. The van der Waals surface area contributed by atoms with E-state index in [2.05, 4.69) is 35.1 Å². The number of halogens is 1. The Morgan fingerprint density at radius 1 is 1.40 bits per heavy atom. The summed E-state index contributed by atoms with van der Waals surface area (Å²) in [6, 6.07) is 1.09. The van der Waals surface area contributed by atoms with Crippen molar-refractivity contribution in [2.75, 3.05) is 0 Å². The first kappa shape index (κ1) is 17.2. The first-order valence-electron chi connectivity index (χ1n) is 6.24. The quantitative estimate of drug-likeness (QED) is 0.805. The minimum Gasteiger partial charge on any atom is -0.443 e. The van der Waals surface area contributed by atoms with Gasteiger partial charge >= 0.3 is 0 Å². The maximum Gasteiger partial charge on any atom is 0.287 e. The van der Waals surface area contributed by atoms with E-state index in [1.807, 2.05) is 6.92 Å². The molecule has 3 N–H and O–H groups in total. The number of sulfonamides is 1. The van der Waals surface area contributed by atoms with E-state index in [1.54, 1.807) is 0 Å². The molecule has 0 aliphatic heterocycles. The minimum absolute atomic E-state index is 0.0216. The molecule has 0 aliphatic rings. The van der Waals surface area contributed by atoms with E-state index in [1.165, 1.54) is 0 Å². The van der Waals surface area contributed by atoms with E-state index in [0.717, 1.165) is 18.9 Å². The molecular formula is C12H19BrN2O4S. The van der Waals surface area contributed by atoms with Crippen LogP contribution in [0.25, 0.3) is 0 Å². The fourth-order valence-corrected chi connectivity index (χ4v) is 3.11. The Morgan fingerprint density at radius 2 is 2.00 bits per heavy atom. The van der Waals surface area contributed by atoms with Crippen LogP contribution in [0.5, 0.6) is 0 Å². The molecule has 1 amide bonds. The summed E-state index contributed by atoms with van der Waals surface area (Å²) in [5, 5.41) is 7.76. The molecule has 114 valence electrons. The van der Waals surface area contributed by atoms with Gasteiger partial charge in [0.2, 0.25) is 10.0 Å². The summed E-state index contributed by atoms with van der Waals surface area (Å²) < 4.78 is 27.5. The van der Waals surface area contributed by atoms with Gasteiger partial charge in [-0.05, 0) is 41.6 Å². The molecule has 0 saturated heterocycles. The van der Waals surface area contributed by atoms with Gasteiger partial charge in [-0.2, -0.15) is 0 Å². The number of nitrogens with one attached hydrogen (secondary N) is 1. The van der Waals surface area contributed by atoms with Gasteiger partial charge in [0.15, 0.2) is 10.4 Å². The van der Waals surface area contributed by atoms with Crippen molar-refractivity contribution in [1.82, 2.24) is 5.32 Å². The van der Waals surface area contributed by atoms with Gasteiger partial charge in [0.1, 0.15) is 4.90 Å². The van der Waals surface area contributed by atoms with E-state index in [0.29, 0.717) is 5.92 Å². The highest BCUT2D eigenvalue weighted by atomic mass is 79.9. The summed E-state index contributed by atoms with van der Waals surface area (Å²) in [6.07, 6.45) is 1.83. The van der Waals surface area contributed by atoms with Gasteiger partial charge in [-0.1, -0.05) is 13.8 Å². The molecule has 20 heavy (non-hydrogen) atoms. The summed E-state index contributed by atoms with van der Waals surface area (Å²) in [4.78, 5) is 11.7. The molecule has 0 bridgehead atoms. The number of carbonyl (C=O) groups excluding carboxylic acids is 1. The van der Waals surface area contributed by atoms with Crippen LogP contribution in [-0.4, -0.2) is 20.4 Å². The van der Waals surface area contributed by atoms with Gasteiger partial charge < -0.3 is 9.73 Å². The number of carbonyl (C=O) groups is 1. The second kappa shape index (κ2) is 6.73. The molecule has 0 fully saturated rings. The molecule has 0 saturated carbocycles. The summed E-state index contributed by atoms with van der Waals surface area (Å²) in [5.41, 5.74) is 0. The fraction of sp³-hybridized carbons (Fsp3) is 0.583. The average molecular weight is 367 g/mol. The molecule has 1 aromatic rings. The second-order valence-electron chi connectivity index (χ2n) is 5.14. The molecule has 0 aromatic carbocycles. The average Bonchev–Trinajstić information content (AvgIpc) is 2.68. The monoisotopic (exact) mass is 366 g/mol. The summed E-state index contributed by atoms with van der Waals surface area (Å²) in [6.45, 7) is 6.10. The molecule has 1 heterocycles. The van der Waals surface area contributed by atoms with E-state index in [4.69, 9.17) is 9.56 Å². The Morgan fingerprint density at radius 3 is 2.45 bits per heavy atom. The van der Waals surface area contributed by atoms with Crippen LogP contribution < -0.4 is 10.5 Å². The maximum atomic E-state index is 11.9. The third-order valence-electron chi connectivity index (χ3n) is 2.74. The van der Waals surface area contributed by atoms with Crippen LogP contribution in [0.4, 0.5) is 0 Å². The third-order valence-corrected chi connectivity index (χ3v) is 4.51.